The number of rotatable bonds is 6. The Balaban J connectivity index is 2.03. The third-order valence-electron chi connectivity index (χ3n) is 3.35. The van der Waals surface area contributed by atoms with Gasteiger partial charge in [0.25, 0.3) is 0 Å². The van der Waals surface area contributed by atoms with Crippen molar-refractivity contribution < 1.29 is 4.74 Å². The number of nitrogens with one attached hydrogen (secondary N) is 1. The van der Waals surface area contributed by atoms with Gasteiger partial charge in [0.05, 0.1) is 0 Å². The summed E-state index contributed by atoms with van der Waals surface area (Å²) in [6, 6.07) is 14.4. The third-order valence-corrected chi connectivity index (χ3v) is 3.35. The van der Waals surface area contributed by atoms with E-state index in [4.69, 9.17) is 4.74 Å². The smallest absolute Gasteiger partial charge is 0.120 e. The van der Waals surface area contributed by atoms with E-state index in [0.29, 0.717) is 6.61 Å². The van der Waals surface area contributed by atoms with Crippen LogP contribution in [0.25, 0.3) is 0 Å². The molecule has 0 fully saturated rings. The molecule has 2 nitrogen and oxygen atoms in total. The summed E-state index contributed by atoms with van der Waals surface area (Å²) >= 11 is 0. The molecule has 0 heterocycles. The lowest BCUT2D eigenvalue weighted by Gasteiger charge is -2.12. The summed E-state index contributed by atoms with van der Waals surface area (Å²) < 4.78 is 5.54. The molecule has 2 heteroatoms. The first-order chi connectivity index (χ1) is 9.70. The van der Waals surface area contributed by atoms with Crippen molar-refractivity contribution in [3.05, 3.63) is 71.8 Å². The molecule has 0 aliphatic carbocycles. The number of anilines is 1. The van der Waals surface area contributed by atoms with Gasteiger partial charge >= 0.3 is 0 Å². The average molecular weight is 267 g/mol. The largest absolute Gasteiger partial charge is 0.490 e. The van der Waals surface area contributed by atoms with Crippen LogP contribution in [0, 0.1) is 13.8 Å². The van der Waals surface area contributed by atoms with Crippen LogP contribution in [0.2, 0.25) is 0 Å². The molecule has 1 N–H and O–H groups in total. The second kappa shape index (κ2) is 6.80. The summed E-state index contributed by atoms with van der Waals surface area (Å²) in [6.07, 6.45) is 1.75. The molecule has 0 aliphatic heterocycles. The highest BCUT2D eigenvalue weighted by atomic mass is 16.5. The van der Waals surface area contributed by atoms with Gasteiger partial charge in [0.2, 0.25) is 0 Å². The van der Waals surface area contributed by atoms with Crippen molar-refractivity contribution in [1.29, 1.82) is 0 Å². The van der Waals surface area contributed by atoms with E-state index >= 15 is 0 Å². The van der Waals surface area contributed by atoms with E-state index in [1.165, 1.54) is 22.4 Å². The van der Waals surface area contributed by atoms with E-state index < -0.39 is 0 Å². The fourth-order valence-corrected chi connectivity index (χ4v) is 2.04. The first kappa shape index (κ1) is 14.2. The lowest BCUT2D eigenvalue weighted by atomic mass is 10.1. The van der Waals surface area contributed by atoms with Crippen molar-refractivity contribution in [2.45, 2.75) is 20.4 Å². The fraction of sp³-hybridized carbons (Fsp3) is 0.222. The molecule has 0 saturated heterocycles. The molecule has 2 aromatic carbocycles. The molecular weight excluding hydrogens is 246 g/mol. The summed E-state index contributed by atoms with van der Waals surface area (Å²) in [5.41, 5.74) is 4.99. The van der Waals surface area contributed by atoms with Crippen LogP contribution in [0.1, 0.15) is 16.7 Å². The molecule has 0 amide bonds. The summed E-state index contributed by atoms with van der Waals surface area (Å²) in [7, 11) is 0. The van der Waals surface area contributed by atoms with E-state index in [0.717, 1.165) is 12.3 Å². The standard InChI is InChI=1S/C18H21NO/c1-4-11-20-17-9-6-8-16(12-17)13-19-18-10-5-7-14(2)15(18)3/h4-10,12,19H,1,11,13H2,2-3H3. The molecule has 0 spiro atoms. The van der Waals surface area contributed by atoms with Gasteiger partial charge in [-0.05, 0) is 48.7 Å². The Bertz CT molecular complexity index is 590. The van der Waals surface area contributed by atoms with Gasteiger partial charge in [0.1, 0.15) is 12.4 Å². The SMILES string of the molecule is C=CCOc1cccc(CNc2cccc(C)c2C)c1. The zero-order valence-electron chi connectivity index (χ0n) is 12.1. The predicted octanol–water partition coefficient (Wildman–Crippen LogP) is 4.48. The van der Waals surface area contributed by atoms with Gasteiger partial charge in [0, 0.05) is 12.2 Å². The molecule has 0 radical (unpaired) electrons. The van der Waals surface area contributed by atoms with E-state index in [1.807, 2.05) is 12.1 Å². The molecule has 0 saturated carbocycles. The molecule has 0 aliphatic rings. The summed E-state index contributed by atoms with van der Waals surface area (Å²) in [4.78, 5) is 0. The minimum Gasteiger partial charge on any atom is -0.490 e. The number of aryl methyl sites for hydroxylation is 1. The highest BCUT2D eigenvalue weighted by Crippen LogP contribution is 2.20. The van der Waals surface area contributed by atoms with Crippen LogP contribution in [0.5, 0.6) is 5.75 Å². The Hall–Kier alpha value is -2.22. The second-order valence-electron chi connectivity index (χ2n) is 4.85. The monoisotopic (exact) mass is 267 g/mol. The molecule has 2 aromatic rings. The Morgan fingerprint density at radius 1 is 1.15 bits per heavy atom. The van der Waals surface area contributed by atoms with Gasteiger partial charge in [-0.3, -0.25) is 0 Å². The summed E-state index contributed by atoms with van der Waals surface area (Å²) in [6.45, 7) is 9.25. The average Bonchev–Trinajstić information content (AvgIpc) is 2.47. The molecule has 20 heavy (non-hydrogen) atoms. The van der Waals surface area contributed by atoms with E-state index in [1.54, 1.807) is 6.08 Å². The van der Waals surface area contributed by atoms with Crippen LogP contribution in [0.15, 0.2) is 55.1 Å². The fourth-order valence-electron chi connectivity index (χ4n) is 2.04. The van der Waals surface area contributed by atoms with Crippen LogP contribution in [0.3, 0.4) is 0 Å². The Morgan fingerprint density at radius 2 is 1.95 bits per heavy atom. The van der Waals surface area contributed by atoms with Crippen molar-refractivity contribution in [3.63, 3.8) is 0 Å². The minimum absolute atomic E-state index is 0.536. The van der Waals surface area contributed by atoms with Gasteiger partial charge < -0.3 is 10.1 Å². The van der Waals surface area contributed by atoms with Gasteiger partial charge in [-0.2, -0.15) is 0 Å². The van der Waals surface area contributed by atoms with Crippen LogP contribution in [-0.2, 0) is 6.54 Å². The third kappa shape index (κ3) is 3.64. The number of ether oxygens (including phenoxy) is 1. The number of hydrogen-bond acceptors (Lipinski definition) is 2. The Morgan fingerprint density at radius 3 is 2.75 bits per heavy atom. The molecule has 0 unspecified atom stereocenters. The topological polar surface area (TPSA) is 21.3 Å². The molecular formula is C18H21NO. The number of benzene rings is 2. The van der Waals surface area contributed by atoms with Crippen molar-refractivity contribution in [3.8, 4) is 5.75 Å². The molecule has 2 rings (SSSR count). The lowest BCUT2D eigenvalue weighted by Crippen LogP contribution is -2.02. The van der Waals surface area contributed by atoms with Gasteiger partial charge in [-0.1, -0.05) is 36.9 Å². The van der Waals surface area contributed by atoms with Crippen molar-refractivity contribution in [2.24, 2.45) is 0 Å². The van der Waals surface area contributed by atoms with E-state index in [-0.39, 0.29) is 0 Å². The number of hydrogen-bond donors (Lipinski definition) is 1. The molecule has 0 atom stereocenters. The Labute approximate surface area is 121 Å². The minimum atomic E-state index is 0.536. The molecule has 0 aromatic heterocycles. The Kier molecular flexibility index (Phi) is 4.83. The van der Waals surface area contributed by atoms with Crippen molar-refractivity contribution in [2.75, 3.05) is 11.9 Å². The van der Waals surface area contributed by atoms with Crippen molar-refractivity contribution in [1.82, 2.24) is 0 Å². The maximum absolute atomic E-state index is 5.54. The normalized spacial score (nSPS) is 10.1. The highest BCUT2D eigenvalue weighted by molar-refractivity contribution is 5.54. The summed E-state index contributed by atoms with van der Waals surface area (Å²) in [5, 5.41) is 3.48. The van der Waals surface area contributed by atoms with Crippen LogP contribution in [0.4, 0.5) is 5.69 Å². The molecule has 104 valence electrons. The maximum Gasteiger partial charge on any atom is 0.120 e. The van der Waals surface area contributed by atoms with Gasteiger partial charge in [-0.15, -0.1) is 0 Å². The maximum atomic E-state index is 5.54. The first-order valence-electron chi connectivity index (χ1n) is 6.83. The van der Waals surface area contributed by atoms with Crippen molar-refractivity contribution >= 4 is 5.69 Å². The zero-order chi connectivity index (χ0) is 14.4. The first-order valence-corrected chi connectivity index (χ1v) is 6.83. The second-order valence-corrected chi connectivity index (χ2v) is 4.85. The van der Waals surface area contributed by atoms with Gasteiger partial charge in [0.15, 0.2) is 0 Å². The quantitative estimate of drug-likeness (QED) is 0.779. The van der Waals surface area contributed by atoms with E-state index in [2.05, 4.69) is 56.1 Å². The zero-order valence-corrected chi connectivity index (χ0v) is 12.1. The lowest BCUT2D eigenvalue weighted by molar-refractivity contribution is 0.363. The summed E-state index contributed by atoms with van der Waals surface area (Å²) in [5.74, 6) is 0.880. The van der Waals surface area contributed by atoms with Crippen LogP contribution >= 0.6 is 0 Å². The van der Waals surface area contributed by atoms with Crippen LogP contribution < -0.4 is 10.1 Å². The predicted molar refractivity (Wildman–Crippen MR) is 85.4 cm³/mol. The van der Waals surface area contributed by atoms with Gasteiger partial charge in [-0.25, -0.2) is 0 Å². The van der Waals surface area contributed by atoms with Crippen LogP contribution in [-0.4, -0.2) is 6.61 Å². The molecule has 0 bridgehead atoms. The van der Waals surface area contributed by atoms with E-state index in [9.17, 15) is 0 Å². The highest BCUT2D eigenvalue weighted by Gasteiger charge is 2.01.